The first-order valence-corrected chi connectivity index (χ1v) is 15.4. The molecule has 0 unspecified atom stereocenters. The Kier molecular flexibility index (Phi) is 8.17. The quantitative estimate of drug-likeness (QED) is 0.469. The third-order valence-corrected chi connectivity index (χ3v) is 9.94. The third-order valence-electron chi connectivity index (χ3n) is 9.60. The maximum atomic E-state index is 12.9. The topological polar surface area (TPSA) is 59.1 Å². The molecule has 2 aliphatic heterocycles. The number of urea groups is 1. The lowest BCUT2D eigenvalue weighted by atomic mass is 9.77. The van der Waals surface area contributed by atoms with Crippen molar-refractivity contribution in [2.24, 2.45) is 5.92 Å². The zero-order valence-electron chi connectivity index (χ0n) is 23.0. The molecule has 0 aromatic heterocycles. The number of rotatable bonds is 6. The second-order valence-electron chi connectivity index (χ2n) is 12.4. The number of carbonyl (C=O) groups excluding carboxylic acids is 1. The Morgan fingerprint density at radius 3 is 2.41 bits per heavy atom. The highest BCUT2D eigenvalue weighted by atomic mass is 35.5. The van der Waals surface area contributed by atoms with Gasteiger partial charge in [-0.25, -0.2) is 4.79 Å². The van der Waals surface area contributed by atoms with E-state index < -0.39 is 5.60 Å². The first kappa shape index (κ1) is 27.1. The number of anilines is 1. The third kappa shape index (κ3) is 6.45. The maximum Gasteiger partial charge on any atom is 0.321 e. The minimum atomic E-state index is -0.661. The summed E-state index contributed by atoms with van der Waals surface area (Å²) in [5.74, 6) is 1.24. The van der Waals surface area contributed by atoms with Gasteiger partial charge in [0.1, 0.15) is 0 Å². The molecule has 0 bridgehead atoms. The van der Waals surface area contributed by atoms with Crippen LogP contribution in [0.25, 0.3) is 0 Å². The minimum absolute atomic E-state index is 0.00433. The van der Waals surface area contributed by atoms with Gasteiger partial charge in [-0.2, -0.15) is 0 Å². The molecule has 2 N–H and O–H groups in total. The molecule has 2 heterocycles. The van der Waals surface area contributed by atoms with E-state index in [1.807, 2.05) is 35.2 Å². The predicted octanol–water partition coefficient (Wildman–Crippen LogP) is 5.91. The number of carbonyl (C=O) groups is 1. The SMILES string of the molecule is O=C(Nc1ccc(Cl)c(C2CC2)c1)N1CCN(C[C@@H]2CCCN(C3CCC(O)(c4ccccc4)CC3)C2)CC1. The maximum absolute atomic E-state index is 12.9. The van der Waals surface area contributed by atoms with Gasteiger partial charge >= 0.3 is 6.03 Å². The van der Waals surface area contributed by atoms with E-state index in [0.29, 0.717) is 17.9 Å². The minimum Gasteiger partial charge on any atom is -0.385 e. The number of hydrogen-bond donors (Lipinski definition) is 2. The number of benzene rings is 2. The van der Waals surface area contributed by atoms with Crippen molar-refractivity contribution in [3.05, 3.63) is 64.7 Å². The number of aliphatic hydroxyl groups is 1. The van der Waals surface area contributed by atoms with Crippen LogP contribution < -0.4 is 5.32 Å². The summed E-state index contributed by atoms with van der Waals surface area (Å²) in [6.45, 7) is 6.88. The summed E-state index contributed by atoms with van der Waals surface area (Å²) in [7, 11) is 0. The molecule has 2 saturated heterocycles. The number of likely N-dealkylation sites (tertiary alicyclic amines) is 1. The van der Waals surface area contributed by atoms with E-state index >= 15 is 0 Å². The van der Waals surface area contributed by atoms with Gasteiger partial charge in [0.15, 0.2) is 0 Å². The smallest absolute Gasteiger partial charge is 0.321 e. The molecule has 2 aliphatic carbocycles. The van der Waals surface area contributed by atoms with Crippen molar-refractivity contribution in [1.82, 2.24) is 14.7 Å². The molecule has 1 atom stereocenters. The number of piperazine rings is 1. The summed E-state index contributed by atoms with van der Waals surface area (Å²) in [6, 6.07) is 16.7. The zero-order valence-corrected chi connectivity index (χ0v) is 23.8. The molecule has 6 nitrogen and oxygen atoms in total. The van der Waals surface area contributed by atoms with Crippen molar-refractivity contribution in [2.45, 2.75) is 68.9 Å². The number of nitrogens with one attached hydrogen (secondary N) is 1. The molecule has 6 rings (SSSR count). The van der Waals surface area contributed by atoms with E-state index in [1.165, 1.54) is 37.8 Å². The molecular formula is C32H43ClN4O2. The molecular weight excluding hydrogens is 508 g/mol. The number of halogens is 1. The van der Waals surface area contributed by atoms with Gasteiger partial charge in [-0.3, -0.25) is 4.90 Å². The van der Waals surface area contributed by atoms with E-state index in [9.17, 15) is 9.90 Å². The van der Waals surface area contributed by atoms with Gasteiger partial charge in [-0.15, -0.1) is 0 Å². The van der Waals surface area contributed by atoms with Crippen LogP contribution in [0.2, 0.25) is 5.02 Å². The summed E-state index contributed by atoms with van der Waals surface area (Å²) < 4.78 is 0. The first-order chi connectivity index (χ1) is 19.0. The Morgan fingerprint density at radius 2 is 1.69 bits per heavy atom. The van der Waals surface area contributed by atoms with Gasteiger partial charge in [-0.05, 0) is 99.1 Å². The van der Waals surface area contributed by atoms with Crippen molar-refractivity contribution in [1.29, 1.82) is 0 Å². The summed E-state index contributed by atoms with van der Waals surface area (Å²) in [5, 5.41) is 15.2. The summed E-state index contributed by atoms with van der Waals surface area (Å²) in [5.41, 5.74) is 2.43. The zero-order chi connectivity index (χ0) is 26.8. The van der Waals surface area contributed by atoms with E-state index in [4.69, 9.17) is 11.6 Å². The fourth-order valence-electron chi connectivity index (χ4n) is 7.09. The molecule has 4 aliphatic rings. The number of nitrogens with zero attached hydrogens (tertiary/aromatic N) is 3. The van der Waals surface area contributed by atoms with Gasteiger partial charge in [0.25, 0.3) is 0 Å². The molecule has 2 amide bonds. The second kappa shape index (κ2) is 11.8. The van der Waals surface area contributed by atoms with Gasteiger partial charge in [0.2, 0.25) is 0 Å². The van der Waals surface area contributed by atoms with Gasteiger partial charge < -0.3 is 20.2 Å². The van der Waals surface area contributed by atoms with Crippen LogP contribution in [0.15, 0.2) is 48.5 Å². The second-order valence-corrected chi connectivity index (χ2v) is 12.8. The number of hydrogen-bond acceptors (Lipinski definition) is 4. The Bertz CT molecular complexity index is 1120. The molecule has 2 aromatic rings. The summed E-state index contributed by atoms with van der Waals surface area (Å²) >= 11 is 6.36. The lowest BCUT2D eigenvalue weighted by molar-refractivity contribution is -0.0322. The average Bonchev–Trinajstić information content (AvgIpc) is 3.81. The van der Waals surface area contributed by atoms with Gasteiger partial charge in [0.05, 0.1) is 5.60 Å². The largest absolute Gasteiger partial charge is 0.385 e. The predicted molar refractivity (Wildman–Crippen MR) is 157 cm³/mol. The van der Waals surface area contributed by atoms with Gasteiger partial charge in [-0.1, -0.05) is 41.9 Å². The fraction of sp³-hybridized carbons (Fsp3) is 0.594. The van der Waals surface area contributed by atoms with Crippen molar-refractivity contribution >= 4 is 23.3 Å². The monoisotopic (exact) mass is 550 g/mol. The van der Waals surface area contributed by atoms with E-state index in [-0.39, 0.29) is 6.03 Å². The van der Waals surface area contributed by atoms with Gasteiger partial charge in [0, 0.05) is 56.0 Å². The molecule has 39 heavy (non-hydrogen) atoms. The lowest BCUT2D eigenvalue weighted by Crippen LogP contribution is -2.53. The summed E-state index contributed by atoms with van der Waals surface area (Å²) in [6.07, 6.45) is 8.78. The molecule has 2 aromatic carbocycles. The van der Waals surface area contributed by atoms with Crippen LogP contribution in [-0.2, 0) is 5.60 Å². The van der Waals surface area contributed by atoms with Crippen molar-refractivity contribution in [3.63, 3.8) is 0 Å². The van der Waals surface area contributed by atoms with E-state index in [0.717, 1.165) is 81.2 Å². The highest BCUT2D eigenvalue weighted by Gasteiger charge is 2.38. The number of piperidine rings is 1. The lowest BCUT2D eigenvalue weighted by Gasteiger charge is -2.45. The molecule has 4 fully saturated rings. The molecule has 7 heteroatoms. The molecule has 0 spiro atoms. The molecule has 210 valence electrons. The summed E-state index contributed by atoms with van der Waals surface area (Å²) in [4.78, 5) is 20.2. The standard InChI is InChI=1S/C32H43ClN4O2/c33-30-11-10-27(21-29(30)25-8-9-25)34-31(38)36-19-17-35(18-20-36)22-24-5-4-16-37(23-24)28-12-14-32(39,15-13-28)26-6-2-1-3-7-26/h1-3,6-7,10-11,21,24-25,28,39H,4-5,8-9,12-20,22-23H2,(H,34,38)/t24-,28?,32?/m0/s1. The first-order valence-electron chi connectivity index (χ1n) is 15.1. The van der Waals surface area contributed by atoms with Crippen molar-refractivity contribution in [3.8, 4) is 0 Å². The van der Waals surface area contributed by atoms with E-state index in [1.54, 1.807) is 0 Å². The number of amides is 2. The molecule has 2 saturated carbocycles. The van der Waals surface area contributed by atoms with Crippen LogP contribution >= 0.6 is 11.6 Å². The van der Waals surface area contributed by atoms with Crippen LogP contribution in [0.5, 0.6) is 0 Å². The van der Waals surface area contributed by atoms with Crippen molar-refractivity contribution < 1.29 is 9.90 Å². The fourth-order valence-corrected chi connectivity index (χ4v) is 7.36. The highest BCUT2D eigenvalue weighted by molar-refractivity contribution is 6.31. The van der Waals surface area contributed by atoms with Crippen LogP contribution in [0.4, 0.5) is 10.5 Å². The van der Waals surface area contributed by atoms with Crippen LogP contribution in [-0.4, -0.2) is 77.7 Å². The van der Waals surface area contributed by atoms with Crippen molar-refractivity contribution in [2.75, 3.05) is 51.1 Å². The van der Waals surface area contributed by atoms with Crippen LogP contribution in [0.1, 0.15) is 68.4 Å². The van der Waals surface area contributed by atoms with Crippen LogP contribution in [0.3, 0.4) is 0 Å². The Balaban J connectivity index is 0.947. The Hall–Kier alpha value is -2.12. The average molecular weight is 551 g/mol. The highest BCUT2D eigenvalue weighted by Crippen LogP contribution is 2.44. The Morgan fingerprint density at radius 1 is 0.949 bits per heavy atom. The van der Waals surface area contributed by atoms with E-state index in [2.05, 4.69) is 33.3 Å². The normalized spacial score (nSPS) is 28.8. The Labute approximate surface area is 238 Å². The van der Waals surface area contributed by atoms with Crippen LogP contribution in [0, 0.1) is 5.92 Å². The molecule has 0 radical (unpaired) electrons.